The van der Waals surface area contributed by atoms with Gasteiger partial charge in [0.15, 0.2) is 0 Å². The maximum atomic E-state index is 11.8. The number of rotatable bonds is 3. The molecule has 1 aliphatic carbocycles. The van der Waals surface area contributed by atoms with Crippen molar-refractivity contribution in [3.8, 4) is 0 Å². The Kier molecular flexibility index (Phi) is 7.49. The van der Waals surface area contributed by atoms with Crippen molar-refractivity contribution < 1.29 is 26.6 Å². The summed E-state index contributed by atoms with van der Waals surface area (Å²) in [5, 5.41) is 0. The number of carbonyl (C=O) groups excluding carboxylic acids is 1. The van der Waals surface area contributed by atoms with Gasteiger partial charge in [-0.15, -0.1) is 0 Å². The molecular weight excluding hydrogens is 264 g/mol. The van der Waals surface area contributed by atoms with Crippen LogP contribution in [-0.4, -0.2) is 5.97 Å². The average molecular weight is 286 g/mol. The number of carbonyl (C=O) groups is 1. The summed E-state index contributed by atoms with van der Waals surface area (Å²) >= 11 is 0. The van der Waals surface area contributed by atoms with E-state index in [1.807, 2.05) is 19.9 Å². The first kappa shape index (κ1) is 16.5. The van der Waals surface area contributed by atoms with E-state index in [-0.39, 0.29) is 23.0 Å². The molecule has 101 valence electrons. The normalized spacial score (nSPS) is 16.9. The second-order valence-electron chi connectivity index (χ2n) is 4.76. The van der Waals surface area contributed by atoms with Gasteiger partial charge in [-0.05, 0) is 51.0 Å². The summed E-state index contributed by atoms with van der Waals surface area (Å²) in [6, 6.07) is 0. The molecule has 0 saturated heterocycles. The monoisotopic (exact) mass is 285 g/mol. The second-order valence-corrected chi connectivity index (χ2v) is 4.76. The van der Waals surface area contributed by atoms with E-state index in [0.717, 1.165) is 36.2 Å². The molecule has 0 bridgehead atoms. The van der Waals surface area contributed by atoms with Crippen LogP contribution in [0.25, 0.3) is 0 Å². The Morgan fingerprint density at radius 2 is 1.94 bits per heavy atom. The molecule has 17 heavy (non-hydrogen) atoms. The van der Waals surface area contributed by atoms with Gasteiger partial charge in [-0.1, -0.05) is 19.9 Å². The molecule has 0 aromatic heterocycles. The molecule has 0 fully saturated rings. The summed E-state index contributed by atoms with van der Waals surface area (Å²) in [6.07, 6.45) is 6.19. The Bertz CT molecular complexity index is 327. The van der Waals surface area contributed by atoms with Crippen LogP contribution in [0.5, 0.6) is 0 Å². The Labute approximate surface area is 115 Å². The van der Waals surface area contributed by atoms with Crippen LogP contribution in [0, 0.1) is 5.92 Å². The standard InChI is InChI=1S/C14H22O2.Cu/c1-10(2)11(3)12(4)16-14(15)13-8-6-5-7-9-13;/h8,10H,5-7,9H2,1-4H3;. The Hall–Kier alpha value is -0.531. The van der Waals surface area contributed by atoms with Crippen LogP contribution in [0.1, 0.15) is 53.4 Å². The van der Waals surface area contributed by atoms with E-state index in [9.17, 15) is 4.79 Å². The molecule has 0 aliphatic heterocycles. The van der Waals surface area contributed by atoms with Gasteiger partial charge >= 0.3 is 5.97 Å². The van der Waals surface area contributed by atoms with E-state index < -0.39 is 0 Å². The van der Waals surface area contributed by atoms with E-state index >= 15 is 0 Å². The summed E-state index contributed by atoms with van der Waals surface area (Å²) in [7, 11) is 0. The number of ether oxygens (including phenoxy) is 1. The van der Waals surface area contributed by atoms with Gasteiger partial charge in [0.05, 0.1) is 0 Å². The quantitative estimate of drug-likeness (QED) is 0.445. The fourth-order valence-electron chi connectivity index (χ4n) is 1.72. The molecule has 1 radical (unpaired) electrons. The van der Waals surface area contributed by atoms with Crippen molar-refractivity contribution in [3.63, 3.8) is 0 Å². The largest absolute Gasteiger partial charge is 0.428 e. The molecular formula is C14H22CuO2. The van der Waals surface area contributed by atoms with Gasteiger partial charge < -0.3 is 4.74 Å². The fraction of sp³-hybridized carbons (Fsp3) is 0.643. The van der Waals surface area contributed by atoms with E-state index in [2.05, 4.69) is 13.8 Å². The van der Waals surface area contributed by atoms with Gasteiger partial charge in [-0.3, -0.25) is 0 Å². The van der Waals surface area contributed by atoms with E-state index in [1.54, 1.807) is 0 Å². The predicted molar refractivity (Wildman–Crippen MR) is 65.9 cm³/mol. The molecule has 0 aromatic carbocycles. The van der Waals surface area contributed by atoms with Crippen LogP contribution in [0.2, 0.25) is 0 Å². The van der Waals surface area contributed by atoms with Crippen molar-refractivity contribution in [3.05, 3.63) is 23.0 Å². The summed E-state index contributed by atoms with van der Waals surface area (Å²) in [4.78, 5) is 11.8. The molecule has 1 rings (SSSR count). The van der Waals surface area contributed by atoms with Gasteiger partial charge in [0.2, 0.25) is 0 Å². The molecule has 0 saturated carbocycles. The molecule has 0 N–H and O–H groups in total. The van der Waals surface area contributed by atoms with Crippen molar-refractivity contribution in [2.45, 2.75) is 53.4 Å². The zero-order valence-corrected chi connectivity index (χ0v) is 12.0. The minimum atomic E-state index is -0.155. The third kappa shape index (κ3) is 5.10. The molecule has 0 aromatic rings. The van der Waals surface area contributed by atoms with Crippen LogP contribution in [0.4, 0.5) is 0 Å². The van der Waals surface area contributed by atoms with Crippen molar-refractivity contribution in [2.75, 3.05) is 0 Å². The molecule has 0 atom stereocenters. The summed E-state index contributed by atoms with van der Waals surface area (Å²) < 4.78 is 5.39. The Morgan fingerprint density at radius 1 is 1.29 bits per heavy atom. The van der Waals surface area contributed by atoms with Crippen molar-refractivity contribution in [2.24, 2.45) is 5.92 Å². The smallest absolute Gasteiger partial charge is 0.338 e. The summed E-state index contributed by atoms with van der Waals surface area (Å²) in [5.41, 5.74) is 1.99. The van der Waals surface area contributed by atoms with Gasteiger partial charge in [0.1, 0.15) is 5.76 Å². The molecule has 1 aliphatic rings. The topological polar surface area (TPSA) is 26.3 Å². The van der Waals surface area contributed by atoms with Crippen LogP contribution in [-0.2, 0) is 26.6 Å². The number of esters is 1. The van der Waals surface area contributed by atoms with Crippen LogP contribution >= 0.6 is 0 Å². The molecule has 2 nitrogen and oxygen atoms in total. The maximum absolute atomic E-state index is 11.8. The zero-order chi connectivity index (χ0) is 12.1. The van der Waals surface area contributed by atoms with Crippen molar-refractivity contribution in [1.82, 2.24) is 0 Å². The first-order valence-corrected chi connectivity index (χ1v) is 6.11. The van der Waals surface area contributed by atoms with Gasteiger partial charge in [0, 0.05) is 22.6 Å². The van der Waals surface area contributed by atoms with Crippen LogP contribution in [0.3, 0.4) is 0 Å². The Balaban J connectivity index is 0.00000256. The van der Waals surface area contributed by atoms with E-state index in [4.69, 9.17) is 4.74 Å². The van der Waals surface area contributed by atoms with Gasteiger partial charge in [0.25, 0.3) is 0 Å². The molecule has 0 spiro atoms. The Morgan fingerprint density at radius 3 is 2.41 bits per heavy atom. The third-order valence-electron chi connectivity index (χ3n) is 3.22. The van der Waals surface area contributed by atoms with Crippen molar-refractivity contribution in [1.29, 1.82) is 0 Å². The SMILES string of the molecule is CC(OC(=O)C1=CCCCC1)=C(C)C(C)C.[Cu]. The average Bonchev–Trinajstić information content (AvgIpc) is 2.28. The minimum absolute atomic E-state index is 0. The molecule has 0 amide bonds. The first-order chi connectivity index (χ1) is 7.52. The molecule has 3 heteroatoms. The number of allylic oxidation sites excluding steroid dienone is 3. The first-order valence-electron chi connectivity index (χ1n) is 6.11. The van der Waals surface area contributed by atoms with Gasteiger partial charge in [-0.25, -0.2) is 4.79 Å². The molecule has 0 unspecified atom stereocenters. The van der Waals surface area contributed by atoms with E-state index in [1.165, 1.54) is 6.42 Å². The van der Waals surface area contributed by atoms with Crippen LogP contribution in [0.15, 0.2) is 23.0 Å². The molecule has 0 heterocycles. The third-order valence-corrected chi connectivity index (χ3v) is 3.22. The van der Waals surface area contributed by atoms with E-state index in [0.29, 0.717) is 5.92 Å². The fourth-order valence-corrected chi connectivity index (χ4v) is 1.72. The van der Waals surface area contributed by atoms with Crippen molar-refractivity contribution >= 4 is 5.97 Å². The maximum Gasteiger partial charge on any atom is 0.338 e. The minimum Gasteiger partial charge on any atom is -0.428 e. The number of hydrogen-bond donors (Lipinski definition) is 0. The summed E-state index contributed by atoms with van der Waals surface area (Å²) in [5.74, 6) is 1.02. The van der Waals surface area contributed by atoms with Gasteiger partial charge in [-0.2, -0.15) is 0 Å². The summed E-state index contributed by atoms with van der Waals surface area (Å²) in [6.45, 7) is 8.10. The predicted octanol–water partition coefficient (Wildman–Crippen LogP) is 3.98. The van der Waals surface area contributed by atoms with Crippen LogP contribution < -0.4 is 0 Å². The second kappa shape index (κ2) is 7.73. The number of hydrogen-bond acceptors (Lipinski definition) is 2. The zero-order valence-electron chi connectivity index (χ0n) is 11.1.